The van der Waals surface area contributed by atoms with Crippen molar-refractivity contribution >= 4 is 11.9 Å². The predicted octanol–water partition coefficient (Wildman–Crippen LogP) is 1.62. The van der Waals surface area contributed by atoms with E-state index in [-0.39, 0.29) is 12.5 Å². The predicted molar refractivity (Wildman–Crippen MR) is 73.8 cm³/mol. The molecule has 2 rings (SSSR count). The van der Waals surface area contributed by atoms with Gasteiger partial charge in [-0.3, -0.25) is 4.79 Å². The standard InChI is InChI=1S/C15H19NO4/c1-10-4-5-11(2)12(8-10)13(17)16-7-6-15(9-16,20-3)14(18)19/h4-5,8H,6-7,9H2,1-3H3,(H,18,19). The summed E-state index contributed by atoms with van der Waals surface area (Å²) in [7, 11) is 1.38. The monoisotopic (exact) mass is 277 g/mol. The molecule has 5 heteroatoms. The molecule has 20 heavy (non-hydrogen) atoms. The third-order valence-corrected chi connectivity index (χ3v) is 3.92. The second-order valence-electron chi connectivity index (χ2n) is 5.30. The molecule has 0 aromatic heterocycles. The van der Waals surface area contributed by atoms with Crippen molar-refractivity contribution in [3.05, 3.63) is 34.9 Å². The minimum absolute atomic E-state index is 0.0883. The minimum atomic E-state index is -1.27. The number of benzene rings is 1. The molecule has 1 fully saturated rings. The molecule has 1 aliphatic rings. The van der Waals surface area contributed by atoms with Crippen molar-refractivity contribution in [3.63, 3.8) is 0 Å². The molecule has 1 N–H and O–H groups in total. The van der Waals surface area contributed by atoms with Gasteiger partial charge in [-0.05, 0) is 25.5 Å². The number of likely N-dealkylation sites (tertiary alicyclic amines) is 1. The summed E-state index contributed by atoms with van der Waals surface area (Å²) < 4.78 is 5.14. The molecule has 1 atom stereocenters. The first-order chi connectivity index (χ1) is 9.39. The normalized spacial score (nSPS) is 22.1. The summed E-state index contributed by atoms with van der Waals surface area (Å²) >= 11 is 0. The van der Waals surface area contributed by atoms with Crippen LogP contribution in [0.25, 0.3) is 0 Å². The van der Waals surface area contributed by atoms with Gasteiger partial charge in [0.1, 0.15) is 0 Å². The van der Waals surface area contributed by atoms with Crippen LogP contribution < -0.4 is 0 Å². The minimum Gasteiger partial charge on any atom is -0.479 e. The van der Waals surface area contributed by atoms with E-state index in [0.717, 1.165) is 11.1 Å². The van der Waals surface area contributed by atoms with Crippen LogP contribution in [-0.2, 0) is 9.53 Å². The maximum Gasteiger partial charge on any atom is 0.337 e. The van der Waals surface area contributed by atoms with Crippen LogP contribution in [-0.4, -0.2) is 47.7 Å². The van der Waals surface area contributed by atoms with Gasteiger partial charge in [-0.15, -0.1) is 0 Å². The molecule has 1 heterocycles. The summed E-state index contributed by atoms with van der Waals surface area (Å²) in [6, 6.07) is 5.69. The number of hydrogen-bond donors (Lipinski definition) is 1. The number of carbonyl (C=O) groups is 2. The van der Waals surface area contributed by atoms with Crippen LogP contribution in [0.3, 0.4) is 0 Å². The van der Waals surface area contributed by atoms with Gasteiger partial charge in [0.05, 0.1) is 6.54 Å². The Kier molecular flexibility index (Phi) is 3.81. The zero-order valence-electron chi connectivity index (χ0n) is 12.0. The van der Waals surface area contributed by atoms with Crippen LogP contribution in [0.1, 0.15) is 27.9 Å². The fraction of sp³-hybridized carbons (Fsp3) is 0.467. The topological polar surface area (TPSA) is 66.8 Å². The number of carboxylic acids is 1. The second kappa shape index (κ2) is 5.25. The van der Waals surface area contributed by atoms with Crippen LogP contribution >= 0.6 is 0 Å². The summed E-state index contributed by atoms with van der Waals surface area (Å²) in [4.78, 5) is 25.4. The fourth-order valence-electron chi connectivity index (χ4n) is 2.52. The Hall–Kier alpha value is -1.88. The van der Waals surface area contributed by atoms with Gasteiger partial charge in [-0.25, -0.2) is 4.79 Å². The first-order valence-electron chi connectivity index (χ1n) is 6.55. The van der Waals surface area contributed by atoms with Gasteiger partial charge < -0.3 is 14.7 Å². The van der Waals surface area contributed by atoms with Crippen molar-refractivity contribution in [2.75, 3.05) is 20.2 Å². The number of nitrogens with zero attached hydrogens (tertiary/aromatic N) is 1. The Morgan fingerprint density at radius 3 is 2.60 bits per heavy atom. The molecule has 0 aliphatic carbocycles. The summed E-state index contributed by atoms with van der Waals surface area (Å²) in [5, 5.41) is 9.27. The third-order valence-electron chi connectivity index (χ3n) is 3.92. The van der Waals surface area contributed by atoms with Crippen LogP contribution in [0.15, 0.2) is 18.2 Å². The molecule has 0 radical (unpaired) electrons. The summed E-state index contributed by atoms with van der Waals surface area (Å²) in [6.45, 7) is 4.29. The van der Waals surface area contributed by atoms with E-state index in [2.05, 4.69) is 0 Å². The number of ether oxygens (including phenoxy) is 1. The van der Waals surface area contributed by atoms with Crippen LogP contribution in [0.5, 0.6) is 0 Å². The van der Waals surface area contributed by atoms with E-state index in [1.807, 2.05) is 32.0 Å². The molecule has 1 unspecified atom stereocenters. The van der Waals surface area contributed by atoms with Crippen molar-refractivity contribution in [1.82, 2.24) is 4.90 Å². The number of aliphatic carboxylic acids is 1. The zero-order chi connectivity index (χ0) is 14.9. The quantitative estimate of drug-likeness (QED) is 0.911. The fourth-order valence-corrected chi connectivity index (χ4v) is 2.52. The van der Waals surface area contributed by atoms with Crippen LogP contribution in [0.2, 0.25) is 0 Å². The molecule has 1 aromatic carbocycles. The van der Waals surface area contributed by atoms with E-state index in [0.29, 0.717) is 18.5 Å². The Labute approximate surface area is 118 Å². The molecule has 108 valence electrons. The van der Waals surface area contributed by atoms with Gasteiger partial charge in [0.15, 0.2) is 5.60 Å². The van der Waals surface area contributed by atoms with Crippen molar-refractivity contribution in [3.8, 4) is 0 Å². The van der Waals surface area contributed by atoms with E-state index >= 15 is 0 Å². The lowest BCUT2D eigenvalue weighted by atomic mass is 10.0. The van der Waals surface area contributed by atoms with E-state index < -0.39 is 11.6 Å². The maximum atomic E-state index is 12.5. The van der Waals surface area contributed by atoms with Crippen molar-refractivity contribution in [2.45, 2.75) is 25.9 Å². The highest BCUT2D eigenvalue weighted by molar-refractivity contribution is 5.96. The molecule has 0 spiro atoms. The molecule has 1 saturated heterocycles. The van der Waals surface area contributed by atoms with Gasteiger partial charge in [-0.2, -0.15) is 0 Å². The maximum absolute atomic E-state index is 12.5. The SMILES string of the molecule is COC1(C(=O)O)CCN(C(=O)c2cc(C)ccc2C)C1. The van der Waals surface area contributed by atoms with E-state index in [1.165, 1.54) is 7.11 Å². The molecule has 1 aromatic rings. The summed E-state index contributed by atoms with van der Waals surface area (Å²) in [5.74, 6) is -1.15. The lowest BCUT2D eigenvalue weighted by Gasteiger charge is -2.23. The van der Waals surface area contributed by atoms with Gasteiger partial charge >= 0.3 is 5.97 Å². The number of carbonyl (C=O) groups excluding carboxylic acids is 1. The van der Waals surface area contributed by atoms with E-state index in [4.69, 9.17) is 4.74 Å². The van der Waals surface area contributed by atoms with Crippen LogP contribution in [0.4, 0.5) is 0 Å². The number of hydrogen-bond acceptors (Lipinski definition) is 3. The third kappa shape index (κ3) is 2.41. The lowest BCUT2D eigenvalue weighted by molar-refractivity contribution is -0.160. The molecular formula is C15H19NO4. The highest BCUT2D eigenvalue weighted by Crippen LogP contribution is 2.27. The van der Waals surface area contributed by atoms with Crippen LogP contribution in [0, 0.1) is 13.8 Å². The molecule has 1 aliphatic heterocycles. The number of amides is 1. The molecule has 0 bridgehead atoms. The van der Waals surface area contributed by atoms with Crippen molar-refractivity contribution in [2.24, 2.45) is 0 Å². The Balaban J connectivity index is 2.24. The Bertz CT molecular complexity index is 555. The highest BCUT2D eigenvalue weighted by Gasteiger charge is 2.46. The van der Waals surface area contributed by atoms with Gasteiger partial charge in [0, 0.05) is 25.6 Å². The average Bonchev–Trinajstić information content (AvgIpc) is 2.86. The summed E-state index contributed by atoms with van der Waals surface area (Å²) in [5.41, 5.74) is 1.26. The first kappa shape index (κ1) is 14.5. The zero-order valence-corrected chi connectivity index (χ0v) is 12.0. The van der Waals surface area contributed by atoms with Crippen molar-refractivity contribution < 1.29 is 19.4 Å². The van der Waals surface area contributed by atoms with E-state index in [1.54, 1.807) is 4.90 Å². The van der Waals surface area contributed by atoms with Gasteiger partial charge in [-0.1, -0.05) is 17.7 Å². The van der Waals surface area contributed by atoms with E-state index in [9.17, 15) is 14.7 Å². The van der Waals surface area contributed by atoms with Gasteiger partial charge in [0.2, 0.25) is 0 Å². The highest BCUT2D eigenvalue weighted by atomic mass is 16.5. The first-order valence-corrected chi connectivity index (χ1v) is 6.55. The molecule has 5 nitrogen and oxygen atoms in total. The molecule has 0 saturated carbocycles. The molecular weight excluding hydrogens is 258 g/mol. The number of carboxylic acid groups (broad SMARTS) is 1. The average molecular weight is 277 g/mol. The number of aryl methyl sites for hydroxylation is 2. The number of rotatable bonds is 3. The smallest absolute Gasteiger partial charge is 0.337 e. The Morgan fingerprint density at radius 2 is 2.05 bits per heavy atom. The largest absolute Gasteiger partial charge is 0.479 e. The van der Waals surface area contributed by atoms with Crippen molar-refractivity contribution in [1.29, 1.82) is 0 Å². The number of methoxy groups -OCH3 is 1. The lowest BCUT2D eigenvalue weighted by Crippen LogP contribution is -2.44. The Morgan fingerprint density at radius 1 is 1.35 bits per heavy atom. The summed E-state index contributed by atoms with van der Waals surface area (Å²) in [6.07, 6.45) is 0.315. The second-order valence-corrected chi connectivity index (χ2v) is 5.30. The molecule has 1 amide bonds. The van der Waals surface area contributed by atoms with Gasteiger partial charge in [0.25, 0.3) is 5.91 Å².